The lowest BCUT2D eigenvalue weighted by molar-refractivity contribution is 0.600. The average Bonchev–Trinajstić information content (AvgIpc) is 2.92. The number of rotatable bonds is 3. The number of hydrogen-bond donors (Lipinski definition) is 1. The van der Waals surface area contributed by atoms with Gasteiger partial charge in [-0.1, -0.05) is 17.7 Å². The van der Waals surface area contributed by atoms with E-state index in [4.69, 9.17) is 0 Å². The Labute approximate surface area is 90.6 Å². The van der Waals surface area contributed by atoms with Crippen molar-refractivity contribution >= 4 is 15.7 Å². The molecule has 1 aliphatic carbocycles. The molecule has 2 rings (SSSR count). The Morgan fingerprint density at radius 3 is 2.47 bits per heavy atom. The molecule has 1 aliphatic rings. The molecule has 3 nitrogen and oxygen atoms in total. The third kappa shape index (κ3) is 2.31. The molecule has 0 atom stereocenters. The van der Waals surface area contributed by atoms with Crippen LogP contribution in [0.5, 0.6) is 0 Å². The monoisotopic (exact) mass is 225 g/mol. The van der Waals surface area contributed by atoms with Gasteiger partial charge >= 0.3 is 0 Å². The van der Waals surface area contributed by atoms with Crippen LogP contribution in [0.4, 0.5) is 5.69 Å². The Morgan fingerprint density at radius 1 is 1.27 bits per heavy atom. The molecular formula is C11H15NO2S. The molecule has 0 amide bonds. The van der Waals surface area contributed by atoms with Crippen LogP contribution in [-0.4, -0.2) is 13.7 Å². The molecule has 4 heteroatoms. The second-order valence-electron chi connectivity index (χ2n) is 4.16. The van der Waals surface area contributed by atoms with E-state index in [2.05, 4.69) is 4.72 Å². The normalized spacial score (nSPS) is 16.4. The van der Waals surface area contributed by atoms with Gasteiger partial charge in [0.25, 0.3) is 0 Å². The zero-order valence-corrected chi connectivity index (χ0v) is 9.76. The minimum atomic E-state index is -3.13. The van der Waals surface area contributed by atoms with Crippen LogP contribution in [-0.2, 0) is 10.0 Å². The van der Waals surface area contributed by atoms with Gasteiger partial charge in [-0.2, -0.15) is 0 Å². The smallest absolute Gasteiger partial charge is 0.235 e. The maximum Gasteiger partial charge on any atom is 0.235 e. The maximum atomic E-state index is 11.7. The van der Waals surface area contributed by atoms with Crippen LogP contribution in [0.15, 0.2) is 18.2 Å². The molecule has 0 aromatic heterocycles. The SMILES string of the molecule is Cc1ccc(NS(=O)(=O)C2CC2)c(C)c1. The van der Waals surface area contributed by atoms with E-state index >= 15 is 0 Å². The van der Waals surface area contributed by atoms with E-state index in [-0.39, 0.29) is 5.25 Å². The van der Waals surface area contributed by atoms with Crippen LogP contribution in [0.2, 0.25) is 0 Å². The lowest BCUT2D eigenvalue weighted by Gasteiger charge is -2.10. The first-order valence-electron chi connectivity index (χ1n) is 5.08. The highest BCUT2D eigenvalue weighted by molar-refractivity contribution is 7.93. The number of aryl methyl sites for hydroxylation is 2. The number of benzene rings is 1. The summed E-state index contributed by atoms with van der Waals surface area (Å²) in [7, 11) is -3.13. The van der Waals surface area contributed by atoms with Gasteiger partial charge in [0.15, 0.2) is 0 Å². The number of nitrogens with one attached hydrogen (secondary N) is 1. The third-order valence-corrected chi connectivity index (χ3v) is 4.45. The minimum Gasteiger partial charge on any atom is -0.283 e. The van der Waals surface area contributed by atoms with Gasteiger partial charge in [-0.3, -0.25) is 4.72 Å². The first-order valence-corrected chi connectivity index (χ1v) is 6.62. The predicted octanol–water partition coefficient (Wildman–Crippen LogP) is 2.21. The van der Waals surface area contributed by atoms with Gasteiger partial charge in [0, 0.05) is 0 Å². The van der Waals surface area contributed by atoms with Crippen molar-refractivity contribution in [3.8, 4) is 0 Å². The molecule has 82 valence electrons. The molecule has 0 radical (unpaired) electrons. The Morgan fingerprint density at radius 2 is 1.93 bits per heavy atom. The standard InChI is InChI=1S/C11H15NO2S/c1-8-3-6-11(9(2)7-8)12-15(13,14)10-4-5-10/h3,6-7,10,12H,4-5H2,1-2H3. The van der Waals surface area contributed by atoms with Gasteiger partial charge in [0.2, 0.25) is 10.0 Å². The summed E-state index contributed by atoms with van der Waals surface area (Å²) in [5.41, 5.74) is 2.81. The van der Waals surface area contributed by atoms with Crippen LogP contribution in [0.1, 0.15) is 24.0 Å². The molecule has 0 unspecified atom stereocenters. The topological polar surface area (TPSA) is 46.2 Å². The van der Waals surface area contributed by atoms with E-state index in [1.807, 2.05) is 32.0 Å². The summed E-state index contributed by atoms with van der Waals surface area (Å²) >= 11 is 0. The van der Waals surface area contributed by atoms with Crippen LogP contribution >= 0.6 is 0 Å². The Kier molecular flexibility index (Phi) is 2.46. The number of hydrogen-bond acceptors (Lipinski definition) is 2. The second kappa shape index (κ2) is 3.52. The summed E-state index contributed by atoms with van der Waals surface area (Å²) in [6.45, 7) is 3.91. The van der Waals surface area contributed by atoms with Crippen LogP contribution in [0.25, 0.3) is 0 Å². The number of sulfonamides is 1. The van der Waals surface area contributed by atoms with Gasteiger partial charge in [-0.05, 0) is 38.3 Å². The molecule has 15 heavy (non-hydrogen) atoms. The Hall–Kier alpha value is -1.03. The molecule has 1 aromatic carbocycles. The van der Waals surface area contributed by atoms with Crippen molar-refractivity contribution in [1.82, 2.24) is 0 Å². The molecule has 0 spiro atoms. The van der Waals surface area contributed by atoms with Gasteiger partial charge in [-0.15, -0.1) is 0 Å². The Balaban J connectivity index is 2.24. The zero-order valence-electron chi connectivity index (χ0n) is 8.95. The summed E-state index contributed by atoms with van der Waals surface area (Å²) in [4.78, 5) is 0. The quantitative estimate of drug-likeness (QED) is 0.857. The van der Waals surface area contributed by atoms with Crippen molar-refractivity contribution in [3.63, 3.8) is 0 Å². The van der Waals surface area contributed by atoms with E-state index in [0.29, 0.717) is 5.69 Å². The third-order valence-electron chi connectivity index (χ3n) is 2.60. The van der Waals surface area contributed by atoms with Crippen molar-refractivity contribution in [3.05, 3.63) is 29.3 Å². The van der Waals surface area contributed by atoms with Crippen LogP contribution in [0, 0.1) is 13.8 Å². The molecule has 1 aromatic rings. The summed E-state index contributed by atoms with van der Waals surface area (Å²) in [5.74, 6) is 0. The highest BCUT2D eigenvalue weighted by Crippen LogP contribution is 2.30. The first kappa shape index (κ1) is 10.5. The fraction of sp³-hybridized carbons (Fsp3) is 0.455. The molecule has 1 fully saturated rings. The highest BCUT2D eigenvalue weighted by Gasteiger charge is 2.35. The van der Waals surface area contributed by atoms with E-state index in [0.717, 1.165) is 24.0 Å². The lowest BCUT2D eigenvalue weighted by atomic mass is 10.1. The first-order chi connectivity index (χ1) is 6.99. The van der Waals surface area contributed by atoms with E-state index < -0.39 is 10.0 Å². The molecule has 1 N–H and O–H groups in total. The van der Waals surface area contributed by atoms with Crippen molar-refractivity contribution in [2.24, 2.45) is 0 Å². The van der Waals surface area contributed by atoms with Gasteiger partial charge in [0.05, 0.1) is 10.9 Å². The summed E-state index contributed by atoms with van der Waals surface area (Å²) in [5, 5.41) is -0.168. The number of anilines is 1. The lowest BCUT2D eigenvalue weighted by Crippen LogP contribution is -2.17. The summed E-state index contributed by atoms with van der Waals surface area (Å²) in [6.07, 6.45) is 1.58. The van der Waals surface area contributed by atoms with Crippen molar-refractivity contribution < 1.29 is 8.42 Å². The van der Waals surface area contributed by atoms with Crippen molar-refractivity contribution in [1.29, 1.82) is 0 Å². The van der Waals surface area contributed by atoms with E-state index in [1.165, 1.54) is 0 Å². The van der Waals surface area contributed by atoms with Gasteiger partial charge in [0.1, 0.15) is 0 Å². The predicted molar refractivity (Wildman–Crippen MR) is 61.5 cm³/mol. The Bertz CT molecular complexity index is 475. The minimum absolute atomic E-state index is 0.168. The van der Waals surface area contributed by atoms with Crippen molar-refractivity contribution in [2.45, 2.75) is 31.9 Å². The van der Waals surface area contributed by atoms with Crippen LogP contribution < -0.4 is 4.72 Å². The fourth-order valence-electron chi connectivity index (χ4n) is 1.54. The maximum absolute atomic E-state index is 11.7. The summed E-state index contributed by atoms with van der Waals surface area (Å²) < 4.78 is 26.0. The summed E-state index contributed by atoms with van der Waals surface area (Å²) in [6, 6.07) is 5.72. The molecule has 0 aliphatic heterocycles. The zero-order chi connectivity index (χ0) is 11.1. The molecule has 0 heterocycles. The van der Waals surface area contributed by atoms with Crippen LogP contribution in [0.3, 0.4) is 0 Å². The van der Waals surface area contributed by atoms with E-state index in [1.54, 1.807) is 0 Å². The second-order valence-corrected chi connectivity index (χ2v) is 6.13. The molecular weight excluding hydrogens is 210 g/mol. The highest BCUT2D eigenvalue weighted by atomic mass is 32.2. The van der Waals surface area contributed by atoms with Gasteiger partial charge < -0.3 is 0 Å². The average molecular weight is 225 g/mol. The largest absolute Gasteiger partial charge is 0.283 e. The van der Waals surface area contributed by atoms with E-state index in [9.17, 15) is 8.42 Å². The fourth-order valence-corrected chi connectivity index (χ4v) is 3.00. The van der Waals surface area contributed by atoms with Crippen molar-refractivity contribution in [2.75, 3.05) is 4.72 Å². The molecule has 1 saturated carbocycles. The molecule has 0 bridgehead atoms. The van der Waals surface area contributed by atoms with Gasteiger partial charge in [-0.25, -0.2) is 8.42 Å². The molecule has 0 saturated heterocycles.